The summed E-state index contributed by atoms with van der Waals surface area (Å²) in [6, 6.07) is 0. The lowest BCUT2D eigenvalue weighted by atomic mass is 9.68. The molecule has 0 spiro atoms. The van der Waals surface area contributed by atoms with Gasteiger partial charge in [-0.2, -0.15) is 0 Å². The zero-order valence-corrected chi connectivity index (χ0v) is 10.8. The first-order chi connectivity index (χ1) is 7.15. The van der Waals surface area contributed by atoms with Crippen LogP contribution in [0, 0.1) is 11.3 Å². The average Bonchev–Trinajstić information content (AvgIpc) is 2.21. The van der Waals surface area contributed by atoms with E-state index in [0.717, 1.165) is 12.5 Å². The van der Waals surface area contributed by atoms with Crippen molar-refractivity contribution in [1.82, 2.24) is 4.90 Å². The van der Waals surface area contributed by atoms with E-state index < -0.39 is 0 Å². The number of nitrogens with zero attached hydrogens (tertiary/aromatic N) is 1. The highest BCUT2D eigenvalue weighted by Crippen LogP contribution is 2.40. The molecule has 1 aliphatic carbocycles. The Balaban J connectivity index is 2.38. The van der Waals surface area contributed by atoms with Gasteiger partial charge in [0.2, 0.25) is 0 Å². The van der Waals surface area contributed by atoms with Crippen molar-refractivity contribution in [2.45, 2.75) is 46.5 Å². The van der Waals surface area contributed by atoms with Crippen LogP contribution in [0.5, 0.6) is 0 Å². The van der Waals surface area contributed by atoms with Crippen molar-refractivity contribution < 1.29 is 0 Å². The zero-order chi connectivity index (χ0) is 11.3. The summed E-state index contributed by atoms with van der Waals surface area (Å²) in [6.07, 6.45) is 5.37. The molecule has 1 saturated carbocycles. The third-order valence-electron chi connectivity index (χ3n) is 4.12. The van der Waals surface area contributed by atoms with Crippen LogP contribution >= 0.6 is 0 Å². The molecular formula is C13H28N2. The molecule has 0 bridgehead atoms. The molecule has 15 heavy (non-hydrogen) atoms. The van der Waals surface area contributed by atoms with Gasteiger partial charge >= 0.3 is 0 Å². The van der Waals surface area contributed by atoms with Crippen molar-refractivity contribution in [3.05, 3.63) is 0 Å². The van der Waals surface area contributed by atoms with Crippen molar-refractivity contribution in [2.24, 2.45) is 17.1 Å². The van der Waals surface area contributed by atoms with Crippen LogP contribution in [-0.2, 0) is 0 Å². The number of nitrogens with two attached hydrogens (primary N) is 1. The van der Waals surface area contributed by atoms with E-state index >= 15 is 0 Å². The molecule has 0 heterocycles. The molecule has 90 valence electrons. The van der Waals surface area contributed by atoms with Crippen LogP contribution in [0.2, 0.25) is 0 Å². The molecule has 1 aliphatic rings. The van der Waals surface area contributed by atoms with E-state index in [1.54, 1.807) is 0 Å². The normalized spacial score (nSPS) is 21.4. The Morgan fingerprint density at radius 2 is 2.00 bits per heavy atom. The summed E-state index contributed by atoms with van der Waals surface area (Å²) in [5.41, 5.74) is 6.38. The Morgan fingerprint density at radius 1 is 1.33 bits per heavy atom. The maximum atomic E-state index is 5.91. The fourth-order valence-corrected chi connectivity index (χ4v) is 2.45. The fraction of sp³-hybridized carbons (Fsp3) is 1.00. The number of hydrogen-bond donors (Lipinski definition) is 1. The lowest BCUT2D eigenvalue weighted by Crippen LogP contribution is -2.47. The topological polar surface area (TPSA) is 29.3 Å². The fourth-order valence-electron chi connectivity index (χ4n) is 2.45. The van der Waals surface area contributed by atoms with Gasteiger partial charge in [0.1, 0.15) is 0 Å². The molecular weight excluding hydrogens is 184 g/mol. The summed E-state index contributed by atoms with van der Waals surface area (Å²) >= 11 is 0. The molecule has 2 N–H and O–H groups in total. The van der Waals surface area contributed by atoms with Crippen LogP contribution in [-0.4, -0.2) is 31.1 Å². The summed E-state index contributed by atoms with van der Waals surface area (Å²) in [4.78, 5) is 2.60. The summed E-state index contributed by atoms with van der Waals surface area (Å²) < 4.78 is 0. The van der Waals surface area contributed by atoms with Gasteiger partial charge in [-0.05, 0) is 37.3 Å². The largest absolute Gasteiger partial charge is 0.330 e. The van der Waals surface area contributed by atoms with Crippen LogP contribution in [0.3, 0.4) is 0 Å². The molecule has 2 heteroatoms. The highest BCUT2D eigenvalue weighted by Gasteiger charge is 2.36. The summed E-state index contributed by atoms with van der Waals surface area (Å²) in [5, 5.41) is 0. The van der Waals surface area contributed by atoms with Crippen molar-refractivity contribution >= 4 is 0 Å². The van der Waals surface area contributed by atoms with Gasteiger partial charge in [0.25, 0.3) is 0 Å². The molecule has 0 radical (unpaired) electrons. The van der Waals surface area contributed by atoms with Crippen LogP contribution in [0.15, 0.2) is 0 Å². The summed E-state index contributed by atoms with van der Waals surface area (Å²) in [5.74, 6) is 0.819. The number of hydrogen-bond acceptors (Lipinski definition) is 2. The van der Waals surface area contributed by atoms with Gasteiger partial charge in [-0.15, -0.1) is 0 Å². The standard InChI is InChI=1S/C13H28N2/c1-4-12(3)9-15(5-2)11-13(10-14)7-6-8-13/h12H,4-11,14H2,1-3H3. The number of rotatable bonds is 7. The smallest absolute Gasteiger partial charge is 0.00501 e. The van der Waals surface area contributed by atoms with E-state index in [1.165, 1.54) is 45.3 Å². The average molecular weight is 212 g/mol. The third kappa shape index (κ3) is 3.46. The molecule has 2 nitrogen and oxygen atoms in total. The summed E-state index contributed by atoms with van der Waals surface area (Å²) in [6.45, 7) is 11.4. The van der Waals surface area contributed by atoms with Crippen molar-refractivity contribution in [3.8, 4) is 0 Å². The van der Waals surface area contributed by atoms with Crippen molar-refractivity contribution in [3.63, 3.8) is 0 Å². The first-order valence-corrected chi connectivity index (χ1v) is 6.58. The van der Waals surface area contributed by atoms with Crippen molar-refractivity contribution in [2.75, 3.05) is 26.2 Å². The van der Waals surface area contributed by atoms with Crippen LogP contribution < -0.4 is 5.73 Å². The SMILES string of the molecule is CCC(C)CN(CC)CC1(CN)CCC1. The van der Waals surface area contributed by atoms with E-state index in [4.69, 9.17) is 5.73 Å². The van der Waals surface area contributed by atoms with Gasteiger partial charge in [0.15, 0.2) is 0 Å². The maximum absolute atomic E-state index is 5.91. The molecule has 0 aromatic rings. The Hall–Kier alpha value is -0.0800. The molecule has 0 aromatic carbocycles. The van der Waals surface area contributed by atoms with Crippen LogP contribution in [0.25, 0.3) is 0 Å². The predicted octanol–water partition coefficient (Wildman–Crippen LogP) is 2.48. The minimum absolute atomic E-state index is 0.476. The highest BCUT2D eigenvalue weighted by molar-refractivity contribution is 4.91. The first kappa shape index (κ1) is 13.0. The van der Waals surface area contributed by atoms with Crippen LogP contribution in [0.4, 0.5) is 0 Å². The van der Waals surface area contributed by atoms with E-state index in [1.807, 2.05) is 0 Å². The Kier molecular flexibility index (Phi) is 5.07. The predicted molar refractivity (Wildman–Crippen MR) is 66.9 cm³/mol. The van der Waals surface area contributed by atoms with Gasteiger partial charge in [0, 0.05) is 13.1 Å². The molecule has 0 amide bonds. The molecule has 1 fully saturated rings. The Bertz CT molecular complexity index is 170. The van der Waals surface area contributed by atoms with E-state index in [0.29, 0.717) is 5.41 Å². The molecule has 1 rings (SSSR count). The minimum atomic E-state index is 0.476. The minimum Gasteiger partial charge on any atom is -0.330 e. The second kappa shape index (κ2) is 5.86. The lowest BCUT2D eigenvalue weighted by Gasteiger charge is -2.44. The second-order valence-electron chi connectivity index (χ2n) is 5.40. The summed E-state index contributed by atoms with van der Waals surface area (Å²) in [7, 11) is 0. The first-order valence-electron chi connectivity index (χ1n) is 6.58. The highest BCUT2D eigenvalue weighted by atomic mass is 15.1. The Morgan fingerprint density at radius 3 is 2.33 bits per heavy atom. The molecule has 0 aliphatic heterocycles. The maximum Gasteiger partial charge on any atom is 0.00501 e. The van der Waals surface area contributed by atoms with E-state index in [2.05, 4.69) is 25.7 Å². The van der Waals surface area contributed by atoms with Crippen LogP contribution in [0.1, 0.15) is 46.5 Å². The van der Waals surface area contributed by atoms with Gasteiger partial charge < -0.3 is 10.6 Å². The van der Waals surface area contributed by atoms with E-state index in [-0.39, 0.29) is 0 Å². The van der Waals surface area contributed by atoms with Crippen molar-refractivity contribution in [1.29, 1.82) is 0 Å². The monoisotopic (exact) mass is 212 g/mol. The molecule has 0 saturated heterocycles. The Labute approximate surface area is 95.2 Å². The second-order valence-corrected chi connectivity index (χ2v) is 5.40. The van der Waals surface area contributed by atoms with Gasteiger partial charge in [0.05, 0.1) is 0 Å². The lowest BCUT2D eigenvalue weighted by molar-refractivity contribution is 0.0700. The third-order valence-corrected chi connectivity index (χ3v) is 4.12. The quantitative estimate of drug-likeness (QED) is 0.702. The molecule has 0 aromatic heterocycles. The van der Waals surface area contributed by atoms with E-state index in [9.17, 15) is 0 Å². The van der Waals surface area contributed by atoms with Gasteiger partial charge in [-0.1, -0.05) is 33.6 Å². The molecule has 1 unspecified atom stereocenters. The zero-order valence-electron chi connectivity index (χ0n) is 10.8. The molecule has 1 atom stereocenters. The van der Waals surface area contributed by atoms with Gasteiger partial charge in [-0.25, -0.2) is 0 Å². The van der Waals surface area contributed by atoms with Gasteiger partial charge in [-0.3, -0.25) is 0 Å².